The van der Waals surface area contributed by atoms with Crippen molar-refractivity contribution in [2.75, 3.05) is 13.2 Å². The molecule has 1 N–H and O–H groups in total. The highest BCUT2D eigenvalue weighted by Gasteiger charge is 2.15. The van der Waals surface area contributed by atoms with E-state index in [1.165, 1.54) is 16.9 Å². The molecule has 1 aromatic heterocycles. The van der Waals surface area contributed by atoms with E-state index in [4.69, 9.17) is 14.2 Å². The van der Waals surface area contributed by atoms with Crippen LogP contribution in [-0.2, 0) is 17.8 Å². The molecule has 170 valence electrons. The Balaban J connectivity index is 1.54. The van der Waals surface area contributed by atoms with Crippen molar-refractivity contribution in [3.8, 4) is 17.2 Å². The molecule has 0 fully saturated rings. The van der Waals surface area contributed by atoms with Crippen LogP contribution in [0.25, 0.3) is 0 Å². The number of amides is 1. The second-order valence-electron chi connectivity index (χ2n) is 7.37. The number of nitrogens with one attached hydrogen (secondary N) is 1. The molecule has 7 heteroatoms. The average Bonchev–Trinajstić information content (AvgIpc) is 3.22. The number of aryl methyl sites for hydroxylation is 1. The fraction of sp³-hybridized carbons (Fsp3) is 0.360. The van der Waals surface area contributed by atoms with Gasteiger partial charge < -0.3 is 19.5 Å². The van der Waals surface area contributed by atoms with Gasteiger partial charge in [0.1, 0.15) is 17.4 Å². The van der Waals surface area contributed by atoms with Gasteiger partial charge >= 0.3 is 0 Å². The van der Waals surface area contributed by atoms with E-state index in [9.17, 15) is 4.79 Å². The first-order valence-corrected chi connectivity index (χ1v) is 11.7. The van der Waals surface area contributed by atoms with E-state index in [1.54, 1.807) is 0 Å². The zero-order valence-corrected chi connectivity index (χ0v) is 19.8. The third-order valence-corrected chi connectivity index (χ3v) is 5.64. The molecule has 0 bridgehead atoms. The van der Waals surface area contributed by atoms with Crippen LogP contribution in [0.15, 0.2) is 47.8 Å². The molecule has 1 heterocycles. The third-order valence-electron chi connectivity index (χ3n) is 4.77. The van der Waals surface area contributed by atoms with Gasteiger partial charge in [0.05, 0.1) is 31.4 Å². The maximum atomic E-state index is 12.6. The predicted molar refractivity (Wildman–Crippen MR) is 127 cm³/mol. The van der Waals surface area contributed by atoms with Crippen LogP contribution in [0.2, 0.25) is 0 Å². The molecule has 0 saturated carbocycles. The van der Waals surface area contributed by atoms with Crippen LogP contribution < -0.4 is 19.5 Å². The number of hydrogen-bond donors (Lipinski definition) is 1. The summed E-state index contributed by atoms with van der Waals surface area (Å²) in [6, 6.07) is 13.5. The number of benzene rings is 2. The summed E-state index contributed by atoms with van der Waals surface area (Å²) in [5.41, 5.74) is 2.88. The first-order valence-electron chi connectivity index (χ1n) is 10.8. The summed E-state index contributed by atoms with van der Waals surface area (Å²) in [4.78, 5) is 17.1. The van der Waals surface area contributed by atoms with Gasteiger partial charge in [0.25, 0.3) is 0 Å². The number of carbonyl (C=O) groups is 1. The average molecular weight is 455 g/mol. The molecule has 6 nitrogen and oxygen atoms in total. The maximum Gasteiger partial charge on any atom is 0.226 e. The molecule has 3 rings (SSSR count). The molecule has 1 unspecified atom stereocenters. The summed E-state index contributed by atoms with van der Waals surface area (Å²) in [7, 11) is 0. The van der Waals surface area contributed by atoms with E-state index in [2.05, 4.69) is 10.3 Å². The molecule has 0 aliphatic heterocycles. The van der Waals surface area contributed by atoms with Gasteiger partial charge in [-0.05, 0) is 57.5 Å². The number of nitrogens with zero attached hydrogens (tertiary/aromatic N) is 1. The SMILES string of the molecule is CCOc1ccc(C(C)NC(=O)Cc2csc(COc3ccc(C)cc3)n2)cc1OCC. The van der Waals surface area contributed by atoms with Crippen molar-refractivity contribution in [1.29, 1.82) is 0 Å². The molecule has 3 aromatic rings. The van der Waals surface area contributed by atoms with Gasteiger partial charge in [-0.2, -0.15) is 0 Å². The standard InChI is InChI=1S/C25H30N2O4S/c1-5-29-22-12-9-19(13-23(22)30-6-2)18(4)26-24(28)14-20-16-32-25(27-20)15-31-21-10-7-17(3)8-11-21/h7-13,16,18H,5-6,14-15H2,1-4H3,(H,26,28). The van der Waals surface area contributed by atoms with Crippen molar-refractivity contribution in [3.05, 3.63) is 69.7 Å². The van der Waals surface area contributed by atoms with Crippen LogP contribution in [0, 0.1) is 6.92 Å². The van der Waals surface area contributed by atoms with E-state index < -0.39 is 0 Å². The molecule has 32 heavy (non-hydrogen) atoms. The molecule has 1 atom stereocenters. The van der Waals surface area contributed by atoms with Gasteiger partial charge in [0.2, 0.25) is 5.91 Å². The van der Waals surface area contributed by atoms with Gasteiger partial charge in [0.15, 0.2) is 11.5 Å². The normalized spacial score (nSPS) is 11.6. The van der Waals surface area contributed by atoms with Crippen molar-refractivity contribution in [2.24, 2.45) is 0 Å². The van der Waals surface area contributed by atoms with Crippen molar-refractivity contribution in [2.45, 2.75) is 46.8 Å². The highest BCUT2D eigenvalue weighted by molar-refractivity contribution is 7.09. The van der Waals surface area contributed by atoms with E-state index in [1.807, 2.05) is 75.5 Å². The topological polar surface area (TPSA) is 69.7 Å². The Labute approximate surface area is 193 Å². The highest BCUT2D eigenvalue weighted by Crippen LogP contribution is 2.30. The Hall–Kier alpha value is -3.06. The maximum absolute atomic E-state index is 12.6. The van der Waals surface area contributed by atoms with Gasteiger partial charge in [-0.3, -0.25) is 4.79 Å². The van der Waals surface area contributed by atoms with Crippen molar-refractivity contribution < 1.29 is 19.0 Å². The fourth-order valence-electron chi connectivity index (χ4n) is 3.15. The number of ether oxygens (including phenoxy) is 3. The Morgan fingerprint density at radius 1 is 1.03 bits per heavy atom. The minimum atomic E-state index is -0.166. The first kappa shape index (κ1) is 23.6. The lowest BCUT2D eigenvalue weighted by atomic mass is 10.1. The van der Waals surface area contributed by atoms with Crippen LogP contribution >= 0.6 is 11.3 Å². The zero-order valence-electron chi connectivity index (χ0n) is 19.0. The monoisotopic (exact) mass is 454 g/mol. The molecular formula is C25H30N2O4S. The zero-order chi connectivity index (χ0) is 22.9. The summed E-state index contributed by atoms with van der Waals surface area (Å²) < 4.78 is 17.1. The minimum Gasteiger partial charge on any atom is -0.490 e. The molecule has 1 amide bonds. The molecule has 0 saturated heterocycles. The predicted octanol–water partition coefficient (Wildman–Crippen LogP) is 5.25. The number of carbonyl (C=O) groups excluding carboxylic acids is 1. The molecule has 0 aliphatic rings. The number of hydrogen-bond acceptors (Lipinski definition) is 6. The lowest BCUT2D eigenvalue weighted by Crippen LogP contribution is -2.28. The largest absolute Gasteiger partial charge is 0.490 e. The summed E-state index contributed by atoms with van der Waals surface area (Å²) in [6.45, 7) is 9.36. The quantitative estimate of drug-likeness (QED) is 0.429. The smallest absolute Gasteiger partial charge is 0.226 e. The Bertz CT molecular complexity index is 1020. The van der Waals surface area contributed by atoms with Crippen LogP contribution in [0.4, 0.5) is 0 Å². The van der Waals surface area contributed by atoms with E-state index >= 15 is 0 Å². The summed E-state index contributed by atoms with van der Waals surface area (Å²) in [6.07, 6.45) is 0.223. The lowest BCUT2D eigenvalue weighted by Gasteiger charge is -2.17. The summed E-state index contributed by atoms with van der Waals surface area (Å²) >= 11 is 1.50. The van der Waals surface area contributed by atoms with Crippen LogP contribution in [-0.4, -0.2) is 24.1 Å². The van der Waals surface area contributed by atoms with Crippen LogP contribution in [0.1, 0.15) is 48.6 Å². The van der Waals surface area contributed by atoms with E-state index in [-0.39, 0.29) is 18.4 Å². The third kappa shape index (κ3) is 6.72. The summed E-state index contributed by atoms with van der Waals surface area (Å²) in [5, 5.41) is 5.78. The fourth-order valence-corrected chi connectivity index (χ4v) is 3.86. The van der Waals surface area contributed by atoms with Crippen molar-refractivity contribution in [1.82, 2.24) is 10.3 Å². The van der Waals surface area contributed by atoms with Crippen molar-refractivity contribution in [3.63, 3.8) is 0 Å². The first-order chi connectivity index (χ1) is 15.5. The second-order valence-corrected chi connectivity index (χ2v) is 8.32. The van der Waals surface area contributed by atoms with Gasteiger partial charge in [0, 0.05) is 5.38 Å². The minimum absolute atomic E-state index is 0.0827. The van der Waals surface area contributed by atoms with Gasteiger partial charge in [-0.15, -0.1) is 11.3 Å². The van der Waals surface area contributed by atoms with Crippen LogP contribution in [0.5, 0.6) is 17.2 Å². The van der Waals surface area contributed by atoms with Crippen LogP contribution in [0.3, 0.4) is 0 Å². The van der Waals surface area contributed by atoms with Gasteiger partial charge in [-0.1, -0.05) is 23.8 Å². The molecule has 0 aliphatic carbocycles. The highest BCUT2D eigenvalue weighted by atomic mass is 32.1. The lowest BCUT2D eigenvalue weighted by molar-refractivity contribution is -0.121. The Morgan fingerprint density at radius 3 is 2.47 bits per heavy atom. The molecule has 0 radical (unpaired) electrons. The molecule has 0 spiro atoms. The Morgan fingerprint density at radius 2 is 1.75 bits per heavy atom. The number of rotatable bonds is 11. The van der Waals surface area contributed by atoms with E-state index in [0.717, 1.165) is 22.0 Å². The Kier molecular flexibility index (Phi) is 8.50. The van der Waals surface area contributed by atoms with Crippen molar-refractivity contribution >= 4 is 17.2 Å². The summed E-state index contributed by atoms with van der Waals surface area (Å²) in [5.74, 6) is 2.12. The second kappa shape index (κ2) is 11.5. The number of aromatic nitrogens is 1. The number of thiazole rings is 1. The molecular weight excluding hydrogens is 424 g/mol. The molecule has 2 aromatic carbocycles. The van der Waals surface area contributed by atoms with Gasteiger partial charge in [-0.25, -0.2) is 4.98 Å². The van der Waals surface area contributed by atoms with E-state index in [0.29, 0.717) is 31.3 Å².